The van der Waals surface area contributed by atoms with Crippen molar-refractivity contribution in [3.63, 3.8) is 0 Å². The molecule has 3 aromatic rings. The Kier molecular flexibility index (Phi) is 9.16. The summed E-state index contributed by atoms with van der Waals surface area (Å²) in [6.45, 7) is 10.3. The summed E-state index contributed by atoms with van der Waals surface area (Å²) in [6, 6.07) is 7.33. The van der Waals surface area contributed by atoms with Gasteiger partial charge in [0.1, 0.15) is 16.5 Å². The van der Waals surface area contributed by atoms with Crippen molar-refractivity contribution in [1.82, 2.24) is 14.8 Å². The fourth-order valence-electron chi connectivity index (χ4n) is 3.37. The number of amides is 1. The Labute approximate surface area is 213 Å². The van der Waals surface area contributed by atoms with Gasteiger partial charge in [-0.05, 0) is 64.4 Å². The molecule has 188 valence electrons. The van der Waals surface area contributed by atoms with Crippen LogP contribution in [0.1, 0.15) is 53.5 Å². The molecule has 1 atom stereocenters. The van der Waals surface area contributed by atoms with Crippen molar-refractivity contribution in [2.75, 3.05) is 24.8 Å². The van der Waals surface area contributed by atoms with Crippen molar-refractivity contribution >= 4 is 40.0 Å². The number of aromatic nitrogens is 3. The van der Waals surface area contributed by atoms with Crippen molar-refractivity contribution in [2.45, 2.75) is 52.4 Å². The van der Waals surface area contributed by atoms with E-state index in [-0.39, 0.29) is 24.4 Å². The average molecular weight is 519 g/mol. The maximum atomic E-state index is 12.7. The van der Waals surface area contributed by atoms with Gasteiger partial charge in [0, 0.05) is 11.4 Å². The summed E-state index contributed by atoms with van der Waals surface area (Å²) in [4.78, 5) is 26.0. The number of benzene rings is 1. The van der Waals surface area contributed by atoms with Gasteiger partial charge in [-0.25, -0.2) is 4.79 Å². The molecule has 3 rings (SSSR count). The summed E-state index contributed by atoms with van der Waals surface area (Å²) in [5.74, 6) is 1.55. The molecule has 35 heavy (non-hydrogen) atoms. The van der Waals surface area contributed by atoms with E-state index >= 15 is 0 Å². The minimum atomic E-state index is -0.432. The van der Waals surface area contributed by atoms with Crippen LogP contribution in [0.15, 0.2) is 29.4 Å². The highest BCUT2D eigenvalue weighted by atomic mass is 32.2. The quantitative estimate of drug-likeness (QED) is 0.278. The lowest BCUT2D eigenvalue weighted by atomic mass is 10.1. The van der Waals surface area contributed by atoms with E-state index in [1.165, 1.54) is 23.1 Å². The predicted octanol–water partition coefficient (Wildman–Crippen LogP) is 5.03. The van der Waals surface area contributed by atoms with Gasteiger partial charge in [-0.1, -0.05) is 11.8 Å². The highest BCUT2D eigenvalue weighted by Crippen LogP contribution is 2.33. The second kappa shape index (κ2) is 12.1. The fourth-order valence-corrected chi connectivity index (χ4v) is 5.25. The number of hydrogen-bond donors (Lipinski definition) is 1. The number of carbonyl (C=O) groups excluding carboxylic acids is 2. The molecule has 1 amide bonds. The van der Waals surface area contributed by atoms with E-state index in [9.17, 15) is 9.59 Å². The van der Waals surface area contributed by atoms with E-state index < -0.39 is 5.97 Å². The Hall–Kier alpha value is -3.05. The first kappa shape index (κ1) is 26.6. The Morgan fingerprint density at radius 1 is 1.14 bits per heavy atom. The summed E-state index contributed by atoms with van der Waals surface area (Å²) in [5.41, 5.74) is 1.23. The van der Waals surface area contributed by atoms with Gasteiger partial charge in [-0.2, -0.15) is 0 Å². The van der Waals surface area contributed by atoms with Crippen LogP contribution >= 0.6 is 23.1 Å². The Morgan fingerprint density at radius 3 is 2.46 bits per heavy atom. The van der Waals surface area contributed by atoms with E-state index in [0.717, 1.165) is 16.2 Å². The molecule has 0 bridgehead atoms. The van der Waals surface area contributed by atoms with Crippen molar-refractivity contribution in [2.24, 2.45) is 0 Å². The van der Waals surface area contributed by atoms with Crippen LogP contribution in [0, 0.1) is 13.8 Å². The topological polar surface area (TPSA) is 105 Å². The van der Waals surface area contributed by atoms with Gasteiger partial charge in [0.05, 0.1) is 25.0 Å². The summed E-state index contributed by atoms with van der Waals surface area (Å²) in [6.07, 6.45) is -0.344. The molecule has 0 radical (unpaired) electrons. The predicted molar refractivity (Wildman–Crippen MR) is 137 cm³/mol. The molecule has 0 aliphatic carbocycles. The zero-order valence-electron chi connectivity index (χ0n) is 20.7. The number of hydrogen-bond acceptors (Lipinski definition) is 9. The first-order chi connectivity index (χ1) is 16.8. The normalized spacial score (nSPS) is 11.7. The molecular formula is C24H30N4O5S2. The van der Waals surface area contributed by atoms with Crippen LogP contribution in [0.25, 0.3) is 0 Å². The first-order valence-corrected chi connectivity index (χ1v) is 13.0. The van der Waals surface area contributed by atoms with Crippen LogP contribution in [-0.4, -0.2) is 46.1 Å². The van der Waals surface area contributed by atoms with Crippen molar-refractivity contribution < 1.29 is 23.8 Å². The van der Waals surface area contributed by atoms with Crippen LogP contribution in [0.3, 0.4) is 0 Å². The number of nitrogens with zero attached hydrogens (tertiary/aromatic N) is 3. The van der Waals surface area contributed by atoms with Gasteiger partial charge < -0.3 is 24.1 Å². The number of nitrogens with one attached hydrogen (secondary N) is 1. The van der Waals surface area contributed by atoms with Crippen LogP contribution in [-0.2, 0) is 16.1 Å². The minimum Gasteiger partial charge on any atom is -0.497 e. The number of carbonyl (C=O) groups is 2. The monoisotopic (exact) mass is 518 g/mol. The lowest BCUT2D eigenvalue weighted by Gasteiger charge is -2.15. The molecule has 1 aromatic carbocycles. The van der Waals surface area contributed by atoms with E-state index in [1.807, 2.05) is 56.5 Å². The van der Waals surface area contributed by atoms with Gasteiger partial charge in [0.25, 0.3) is 0 Å². The molecule has 9 nitrogen and oxygen atoms in total. The van der Waals surface area contributed by atoms with E-state index in [4.69, 9.17) is 14.2 Å². The third kappa shape index (κ3) is 6.34. The maximum Gasteiger partial charge on any atom is 0.341 e. The molecule has 0 saturated heterocycles. The van der Waals surface area contributed by atoms with Gasteiger partial charge in [0.15, 0.2) is 17.1 Å². The number of methoxy groups -OCH3 is 1. The standard InChI is InChI=1S/C24H30N4O5S2/c1-7-28-21(15(4)33-18-11-9-17(31-6)10-12-18)26-27-24(28)34-13-19(29)25-22-20(23(30)32-8-2)14(3)16(5)35-22/h9-12,15H,7-8,13H2,1-6H3,(H,25,29). The number of thiophene rings is 1. The molecule has 0 saturated carbocycles. The van der Waals surface area contributed by atoms with Gasteiger partial charge in [-0.15, -0.1) is 21.5 Å². The molecule has 11 heteroatoms. The molecule has 0 fully saturated rings. The van der Waals surface area contributed by atoms with E-state index in [2.05, 4.69) is 15.5 Å². The largest absolute Gasteiger partial charge is 0.497 e. The van der Waals surface area contributed by atoms with Crippen molar-refractivity contribution in [1.29, 1.82) is 0 Å². The zero-order valence-corrected chi connectivity index (χ0v) is 22.3. The van der Waals surface area contributed by atoms with E-state index in [1.54, 1.807) is 14.0 Å². The molecule has 0 aliphatic rings. The molecular weight excluding hydrogens is 488 g/mol. The fraction of sp³-hybridized carbons (Fsp3) is 0.417. The third-order valence-corrected chi connectivity index (χ3v) is 7.34. The van der Waals surface area contributed by atoms with Crippen LogP contribution in [0.5, 0.6) is 11.5 Å². The number of rotatable bonds is 11. The summed E-state index contributed by atoms with van der Waals surface area (Å²) < 4.78 is 18.3. The molecule has 2 aromatic heterocycles. The number of esters is 1. The maximum absolute atomic E-state index is 12.7. The Bertz CT molecular complexity index is 1170. The summed E-state index contributed by atoms with van der Waals surface area (Å²) in [7, 11) is 1.61. The zero-order chi connectivity index (χ0) is 25.5. The van der Waals surface area contributed by atoms with E-state index in [0.29, 0.717) is 33.8 Å². The molecule has 0 spiro atoms. The minimum absolute atomic E-state index is 0.115. The summed E-state index contributed by atoms with van der Waals surface area (Å²) >= 11 is 2.64. The molecule has 1 unspecified atom stereocenters. The second-order valence-electron chi connectivity index (χ2n) is 7.57. The lowest BCUT2D eigenvalue weighted by Crippen LogP contribution is -2.17. The van der Waals surface area contributed by atoms with Crippen molar-refractivity contribution in [3.8, 4) is 11.5 Å². The second-order valence-corrected chi connectivity index (χ2v) is 9.73. The molecule has 0 aliphatic heterocycles. The van der Waals surface area contributed by atoms with Crippen LogP contribution in [0.2, 0.25) is 0 Å². The highest BCUT2D eigenvalue weighted by Gasteiger charge is 2.23. The van der Waals surface area contributed by atoms with Crippen molar-refractivity contribution in [3.05, 3.63) is 46.1 Å². The van der Waals surface area contributed by atoms with Gasteiger partial charge >= 0.3 is 5.97 Å². The molecule has 2 heterocycles. The highest BCUT2D eigenvalue weighted by molar-refractivity contribution is 7.99. The van der Waals surface area contributed by atoms with Gasteiger partial charge in [0.2, 0.25) is 5.91 Å². The Balaban J connectivity index is 1.66. The summed E-state index contributed by atoms with van der Waals surface area (Å²) in [5, 5.41) is 12.5. The number of thioether (sulfide) groups is 1. The number of ether oxygens (including phenoxy) is 3. The smallest absolute Gasteiger partial charge is 0.341 e. The van der Waals surface area contributed by atoms with Crippen LogP contribution in [0.4, 0.5) is 5.00 Å². The third-order valence-electron chi connectivity index (χ3n) is 5.25. The number of aryl methyl sites for hydroxylation is 1. The lowest BCUT2D eigenvalue weighted by molar-refractivity contribution is -0.113. The first-order valence-electron chi connectivity index (χ1n) is 11.2. The Morgan fingerprint density at radius 2 is 1.83 bits per heavy atom. The molecule has 1 N–H and O–H groups in total. The SMILES string of the molecule is CCOC(=O)c1c(NC(=O)CSc2nnc(C(C)Oc3ccc(OC)cc3)n2CC)sc(C)c1C. The number of anilines is 1. The van der Waals surface area contributed by atoms with Crippen LogP contribution < -0.4 is 14.8 Å². The average Bonchev–Trinajstić information content (AvgIpc) is 3.38. The van der Waals surface area contributed by atoms with Gasteiger partial charge in [-0.3, -0.25) is 4.79 Å².